The van der Waals surface area contributed by atoms with Gasteiger partial charge in [-0.2, -0.15) is 0 Å². The van der Waals surface area contributed by atoms with Gasteiger partial charge in [-0.3, -0.25) is 9.59 Å². The zero-order valence-electron chi connectivity index (χ0n) is 26.9. The number of rotatable bonds is 5. The second-order valence-corrected chi connectivity index (χ2v) is 14.9. The van der Waals surface area contributed by atoms with E-state index < -0.39 is 11.6 Å². The number of allylic oxidation sites excluding steroid dienone is 1. The van der Waals surface area contributed by atoms with E-state index in [9.17, 15) is 9.59 Å². The van der Waals surface area contributed by atoms with Gasteiger partial charge in [-0.25, -0.2) is 4.99 Å². The largest absolute Gasteiger partial charge is 0.336 e. The van der Waals surface area contributed by atoms with E-state index in [2.05, 4.69) is 94.8 Å². The maximum atomic E-state index is 14.7. The van der Waals surface area contributed by atoms with E-state index in [-0.39, 0.29) is 35.9 Å². The second-order valence-electron chi connectivity index (χ2n) is 13.5. The number of amides is 2. The van der Waals surface area contributed by atoms with Crippen LogP contribution in [0, 0.1) is 12.8 Å². The highest BCUT2D eigenvalue weighted by Crippen LogP contribution is 2.56. The number of amidine groups is 1. The van der Waals surface area contributed by atoms with Crippen molar-refractivity contribution in [3.05, 3.63) is 80.8 Å². The van der Waals surface area contributed by atoms with Crippen LogP contribution in [0.4, 0.5) is 0 Å². The van der Waals surface area contributed by atoms with E-state index in [0.29, 0.717) is 22.9 Å². The molecule has 0 saturated carbocycles. The molecular weight excluding hydrogens is 590 g/mol. The van der Waals surface area contributed by atoms with Crippen molar-refractivity contribution in [2.24, 2.45) is 10.9 Å². The average Bonchev–Trinajstić information content (AvgIpc) is 3.62. The highest BCUT2D eigenvalue weighted by molar-refractivity contribution is 8.18. The van der Waals surface area contributed by atoms with Crippen LogP contribution in [0.25, 0.3) is 0 Å². The monoisotopic (exact) mass is 633 g/mol. The zero-order chi connectivity index (χ0) is 31.5. The molecule has 4 aliphatic rings. The number of hydrogen-bond acceptors (Lipinski definition) is 6. The molecule has 0 aromatic heterocycles. The number of benzene rings is 2. The Bertz CT molecular complexity index is 1510. The van der Waals surface area contributed by atoms with Gasteiger partial charge in [-0.1, -0.05) is 67.4 Å². The lowest BCUT2D eigenvalue weighted by Gasteiger charge is -2.41. The first-order chi connectivity index (χ1) is 20.9. The number of thioether (sulfide) groups is 1. The SMILES string of the molecule is Cc1ccc([C@]2(C)N=C3SC(C(=O)N4[C@H](C)CC[C@H]4C(=O)N4CCN(C)C[C@H]4C)=C(C(C)C)N3[C@@H]2c2ccc(Cl)cc2)cc1. The lowest BCUT2D eigenvalue weighted by atomic mass is 9.81. The number of likely N-dealkylation sites (N-methyl/N-ethyl adjacent to an activating group) is 1. The Kier molecular flexibility index (Phi) is 8.39. The van der Waals surface area contributed by atoms with Crippen molar-refractivity contribution in [3.8, 4) is 0 Å². The minimum atomic E-state index is -0.574. The summed E-state index contributed by atoms with van der Waals surface area (Å²) in [4.78, 5) is 43.2. The molecule has 0 aliphatic carbocycles. The number of carbonyl (C=O) groups is 2. The summed E-state index contributed by atoms with van der Waals surface area (Å²) in [5, 5.41) is 1.52. The van der Waals surface area contributed by atoms with E-state index in [0.717, 1.165) is 41.5 Å². The third-order valence-electron chi connectivity index (χ3n) is 9.87. The van der Waals surface area contributed by atoms with Crippen LogP contribution in [0.2, 0.25) is 5.02 Å². The van der Waals surface area contributed by atoms with Crippen LogP contribution in [0.3, 0.4) is 0 Å². The molecule has 2 fully saturated rings. The Balaban J connectivity index is 1.39. The molecule has 7 nitrogen and oxygen atoms in total. The lowest BCUT2D eigenvalue weighted by Crippen LogP contribution is -2.58. The molecule has 0 spiro atoms. The zero-order valence-corrected chi connectivity index (χ0v) is 28.5. The van der Waals surface area contributed by atoms with Gasteiger partial charge in [0.2, 0.25) is 5.91 Å². The number of halogens is 1. The molecule has 0 unspecified atom stereocenters. The Morgan fingerprint density at radius 3 is 2.32 bits per heavy atom. The number of likely N-dealkylation sites (tertiary alicyclic amines) is 1. The van der Waals surface area contributed by atoms with Crippen molar-refractivity contribution < 1.29 is 9.59 Å². The Morgan fingerprint density at radius 2 is 1.68 bits per heavy atom. The van der Waals surface area contributed by atoms with Gasteiger partial charge in [-0.15, -0.1) is 0 Å². The quantitative estimate of drug-likeness (QED) is 0.380. The number of aryl methyl sites for hydroxylation is 1. The molecule has 6 rings (SSSR count). The van der Waals surface area contributed by atoms with Crippen LogP contribution >= 0.6 is 23.4 Å². The van der Waals surface area contributed by atoms with Gasteiger partial charge in [0, 0.05) is 42.4 Å². The summed E-state index contributed by atoms with van der Waals surface area (Å²) >= 11 is 7.81. The van der Waals surface area contributed by atoms with Gasteiger partial charge in [-0.05, 0) is 88.5 Å². The van der Waals surface area contributed by atoms with E-state index in [4.69, 9.17) is 16.6 Å². The summed E-state index contributed by atoms with van der Waals surface area (Å²) in [6.07, 6.45) is 1.52. The first-order valence-corrected chi connectivity index (χ1v) is 17.1. The van der Waals surface area contributed by atoms with Gasteiger partial charge < -0.3 is 19.6 Å². The molecule has 234 valence electrons. The fourth-order valence-electron chi connectivity index (χ4n) is 7.51. The number of hydrogen-bond donors (Lipinski definition) is 0. The van der Waals surface area contributed by atoms with Crippen molar-refractivity contribution in [1.29, 1.82) is 0 Å². The highest BCUT2D eigenvalue weighted by atomic mass is 35.5. The lowest BCUT2D eigenvalue weighted by molar-refractivity contribution is -0.146. The molecule has 2 aromatic rings. The number of aliphatic imine (C=N–C) groups is 1. The normalized spacial score (nSPS) is 29.1. The van der Waals surface area contributed by atoms with Crippen molar-refractivity contribution >= 4 is 40.3 Å². The molecular formula is C35H44ClN5O2S. The summed E-state index contributed by atoms with van der Waals surface area (Å²) in [5.41, 5.74) is 3.83. The molecule has 2 saturated heterocycles. The van der Waals surface area contributed by atoms with E-state index in [1.54, 1.807) is 0 Å². The maximum absolute atomic E-state index is 14.7. The van der Waals surface area contributed by atoms with Crippen LogP contribution in [0.15, 0.2) is 64.1 Å². The summed E-state index contributed by atoms with van der Waals surface area (Å²) in [5.74, 6) is 0.101. The van der Waals surface area contributed by atoms with Gasteiger partial charge in [0.1, 0.15) is 16.5 Å². The Morgan fingerprint density at radius 1 is 1.00 bits per heavy atom. The number of nitrogens with zero attached hydrogens (tertiary/aromatic N) is 5. The molecule has 5 atom stereocenters. The number of carbonyl (C=O) groups excluding carboxylic acids is 2. The Labute approximate surface area is 271 Å². The van der Waals surface area contributed by atoms with Crippen LogP contribution in [-0.4, -0.2) is 81.4 Å². The van der Waals surface area contributed by atoms with Gasteiger partial charge >= 0.3 is 0 Å². The fourth-order valence-corrected chi connectivity index (χ4v) is 8.99. The van der Waals surface area contributed by atoms with Crippen LogP contribution in [0.1, 0.15) is 70.2 Å². The van der Waals surface area contributed by atoms with Crippen molar-refractivity contribution in [2.45, 2.75) is 84.1 Å². The minimum absolute atomic E-state index is 0.0111. The predicted octanol–water partition coefficient (Wildman–Crippen LogP) is 6.43. The summed E-state index contributed by atoms with van der Waals surface area (Å²) < 4.78 is 0. The molecule has 0 N–H and O–H groups in total. The van der Waals surface area contributed by atoms with Gasteiger partial charge in [0.25, 0.3) is 5.91 Å². The maximum Gasteiger partial charge on any atom is 0.263 e. The van der Waals surface area contributed by atoms with Gasteiger partial charge in [0.05, 0.1) is 6.04 Å². The molecule has 9 heteroatoms. The molecule has 44 heavy (non-hydrogen) atoms. The molecule has 4 aliphatic heterocycles. The first kappa shape index (κ1) is 31.2. The molecule has 0 radical (unpaired) electrons. The molecule has 2 aromatic carbocycles. The summed E-state index contributed by atoms with van der Waals surface area (Å²) in [7, 11) is 2.10. The number of fused-ring (bicyclic) bond motifs is 1. The average molecular weight is 634 g/mol. The molecule has 4 heterocycles. The van der Waals surface area contributed by atoms with Crippen molar-refractivity contribution in [1.82, 2.24) is 19.6 Å². The van der Waals surface area contributed by atoms with Crippen LogP contribution in [0.5, 0.6) is 0 Å². The van der Waals surface area contributed by atoms with Crippen molar-refractivity contribution in [2.75, 3.05) is 26.7 Å². The topological polar surface area (TPSA) is 59.5 Å². The summed E-state index contributed by atoms with van der Waals surface area (Å²) in [6, 6.07) is 16.1. The third-order valence-corrected chi connectivity index (χ3v) is 11.2. The van der Waals surface area contributed by atoms with E-state index in [1.165, 1.54) is 17.3 Å². The van der Waals surface area contributed by atoms with Crippen LogP contribution in [-0.2, 0) is 15.1 Å². The van der Waals surface area contributed by atoms with Crippen LogP contribution < -0.4 is 0 Å². The second kappa shape index (κ2) is 11.8. The fraction of sp³-hybridized carbons (Fsp3) is 0.514. The first-order valence-electron chi connectivity index (χ1n) is 15.9. The third kappa shape index (κ3) is 5.27. The highest BCUT2D eigenvalue weighted by Gasteiger charge is 2.54. The van der Waals surface area contributed by atoms with Gasteiger partial charge in [0.15, 0.2) is 5.17 Å². The molecule has 0 bridgehead atoms. The Hall–Kier alpha value is -2.81. The predicted molar refractivity (Wildman–Crippen MR) is 179 cm³/mol. The van der Waals surface area contributed by atoms with E-state index >= 15 is 0 Å². The smallest absolute Gasteiger partial charge is 0.263 e. The molecule has 2 amide bonds. The summed E-state index contributed by atoms with van der Waals surface area (Å²) in [6.45, 7) is 15.2. The van der Waals surface area contributed by atoms with Crippen molar-refractivity contribution in [3.63, 3.8) is 0 Å². The van der Waals surface area contributed by atoms with E-state index in [1.807, 2.05) is 21.9 Å². The number of piperazine rings is 1. The minimum Gasteiger partial charge on any atom is -0.336 e. The standard InChI is InChI=1S/C35H44ClN5O2S/c1-21(2)29-30(33(43)40-23(4)10-17-28(40)32(42)39-19-18-38(7)20-24(39)5)44-34-37-35(6,26-13-8-22(3)9-14-26)31(41(29)34)25-11-15-27(36)16-12-25/h8-9,11-16,21,23-24,28,31H,10,17-20H2,1-7H3/t23-,24-,28+,31-,35+/m1/s1.